The van der Waals surface area contributed by atoms with Crippen LogP contribution in [0.4, 0.5) is 11.4 Å². The number of nitrogens with zero attached hydrogens (tertiary/aromatic N) is 2. The number of nitrogens with one attached hydrogen (secondary N) is 1. The minimum absolute atomic E-state index is 0.0561. The lowest BCUT2D eigenvalue weighted by molar-refractivity contribution is -0.122. The van der Waals surface area contributed by atoms with Gasteiger partial charge in [0.2, 0.25) is 0 Å². The maximum atomic E-state index is 13.2. The Morgan fingerprint density at radius 3 is 2.40 bits per heavy atom. The van der Waals surface area contributed by atoms with E-state index in [9.17, 15) is 9.59 Å². The van der Waals surface area contributed by atoms with Crippen LogP contribution in [0, 0.1) is 0 Å². The molecule has 1 saturated heterocycles. The Balaban J connectivity index is 1.55. The van der Waals surface area contributed by atoms with E-state index in [-0.39, 0.29) is 10.7 Å². The Hall–Kier alpha value is -2.70. The van der Waals surface area contributed by atoms with Crippen LogP contribution in [0.1, 0.15) is 29.5 Å². The van der Waals surface area contributed by atoms with Crippen LogP contribution in [-0.2, 0) is 22.4 Å². The molecule has 2 amide bonds. The highest BCUT2D eigenvalue weighted by Gasteiger charge is 2.35. The smallest absolute Gasteiger partial charge is 0.270 e. The molecule has 5 nitrogen and oxygen atoms in total. The number of halogens is 1. The van der Waals surface area contributed by atoms with Gasteiger partial charge in [0.05, 0.1) is 5.69 Å². The zero-order valence-electron chi connectivity index (χ0n) is 16.3. The Bertz CT molecular complexity index is 1100. The van der Waals surface area contributed by atoms with Gasteiger partial charge in [0.15, 0.2) is 5.11 Å². The first-order valence-corrected chi connectivity index (χ1v) is 10.9. The summed E-state index contributed by atoms with van der Waals surface area (Å²) in [4.78, 5) is 29.6. The van der Waals surface area contributed by atoms with Crippen LogP contribution in [0.3, 0.4) is 0 Å². The minimum Gasteiger partial charge on any atom is -0.371 e. The molecule has 0 bridgehead atoms. The molecule has 7 heteroatoms. The molecular formula is C23H20ClN3O2S. The van der Waals surface area contributed by atoms with Crippen molar-refractivity contribution in [2.24, 2.45) is 0 Å². The van der Waals surface area contributed by atoms with Gasteiger partial charge in [-0.25, -0.2) is 0 Å². The number of carbonyl (C=O) groups is 2. The number of hydrogen-bond donors (Lipinski definition) is 1. The van der Waals surface area contributed by atoms with Crippen LogP contribution in [0.5, 0.6) is 0 Å². The number of amides is 2. The van der Waals surface area contributed by atoms with Crippen LogP contribution in [0.15, 0.2) is 42.0 Å². The number of thiocarbonyl (C=S) groups is 1. The lowest BCUT2D eigenvalue weighted by Gasteiger charge is -2.37. The molecule has 1 N–H and O–H groups in total. The first kappa shape index (κ1) is 19.3. The van der Waals surface area contributed by atoms with Gasteiger partial charge >= 0.3 is 0 Å². The summed E-state index contributed by atoms with van der Waals surface area (Å²) in [5.41, 5.74) is 5.44. The highest BCUT2D eigenvalue weighted by molar-refractivity contribution is 7.80. The summed E-state index contributed by atoms with van der Waals surface area (Å²) < 4.78 is 0. The molecule has 0 aliphatic carbocycles. The lowest BCUT2D eigenvalue weighted by atomic mass is 9.89. The van der Waals surface area contributed by atoms with Crippen molar-refractivity contribution in [1.29, 1.82) is 0 Å². The third kappa shape index (κ3) is 3.30. The zero-order valence-corrected chi connectivity index (χ0v) is 17.9. The molecule has 0 radical (unpaired) electrons. The van der Waals surface area contributed by atoms with Crippen LogP contribution < -0.4 is 15.1 Å². The third-order valence-electron chi connectivity index (χ3n) is 5.83. The van der Waals surface area contributed by atoms with Gasteiger partial charge in [-0.3, -0.25) is 19.8 Å². The van der Waals surface area contributed by atoms with Gasteiger partial charge in [0, 0.05) is 23.8 Å². The standard InChI is InChI=1S/C23H20ClN3O2S/c24-17-6-1-7-18(13-17)27-22(29)19(21(28)25-23(27)30)12-14-10-15-4-2-8-26-9-3-5-16(11-14)20(15)26/h1,6-7,10-13H,2-5,8-9H2,(H,25,28,30)/b19-12-. The van der Waals surface area contributed by atoms with Gasteiger partial charge in [0.1, 0.15) is 5.57 Å². The van der Waals surface area contributed by atoms with Crippen molar-refractivity contribution >= 4 is 58.2 Å². The number of benzene rings is 2. The SMILES string of the molecule is O=C1NC(=S)N(c2cccc(Cl)c2)C(=O)/C1=C\c1cc2c3c(c1)CCCN3CCC2. The van der Waals surface area contributed by atoms with E-state index >= 15 is 0 Å². The number of carbonyl (C=O) groups excluding carboxylic acids is 2. The number of hydrogen-bond acceptors (Lipinski definition) is 4. The molecule has 3 heterocycles. The summed E-state index contributed by atoms with van der Waals surface area (Å²) >= 11 is 11.3. The summed E-state index contributed by atoms with van der Waals surface area (Å²) in [6, 6.07) is 11.1. The van der Waals surface area contributed by atoms with Crippen molar-refractivity contribution in [3.8, 4) is 0 Å². The first-order valence-electron chi connectivity index (χ1n) is 10.1. The molecular weight excluding hydrogens is 418 g/mol. The molecule has 5 rings (SSSR count). The fourth-order valence-electron chi connectivity index (χ4n) is 4.59. The second-order valence-electron chi connectivity index (χ2n) is 7.82. The topological polar surface area (TPSA) is 52.7 Å². The maximum Gasteiger partial charge on any atom is 0.270 e. The van der Waals surface area contributed by atoms with Gasteiger partial charge in [-0.1, -0.05) is 17.7 Å². The Morgan fingerprint density at radius 1 is 1.03 bits per heavy atom. The second kappa shape index (κ2) is 7.52. The second-order valence-corrected chi connectivity index (χ2v) is 8.64. The van der Waals surface area contributed by atoms with E-state index in [4.69, 9.17) is 23.8 Å². The third-order valence-corrected chi connectivity index (χ3v) is 6.35. The van der Waals surface area contributed by atoms with E-state index in [0.717, 1.165) is 44.3 Å². The predicted molar refractivity (Wildman–Crippen MR) is 123 cm³/mol. The predicted octanol–water partition coefficient (Wildman–Crippen LogP) is 3.87. The van der Waals surface area contributed by atoms with Gasteiger partial charge in [-0.05, 0) is 91.0 Å². The van der Waals surface area contributed by atoms with E-state index in [1.54, 1.807) is 30.3 Å². The molecule has 3 aliphatic heterocycles. The molecule has 2 aromatic carbocycles. The van der Waals surface area contributed by atoms with Crippen molar-refractivity contribution in [2.45, 2.75) is 25.7 Å². The molecule has 30 heavy (non-hydrogen) atoms. The quantitative estimate of drug-likeness (QED) is 0.440. The fraction of sp³-hybridized carbons (Fsp3) is 0.261. The summed E-state index contributed by atoms with van der Waals surface area (Å²) in [5.74, 6) is -0.921. The minimum atomic E-state index is -0.476. The van der Waals surface area contributed by atoms with Crippen LogP contribution in [0.2, 0.25) is 5.02 Å². The van der Waals surface area contributed by atoms with Crippen LogP contribution in [-0.4, -0.2) is 30.0 Å². The molecule has 152 valence electrons. The molecule has 0 saturated carbocycles. The van der Waals surface area contributed by atoms with Crippen LogP contribution in [0.25, 0.3) is 6.08 Å². The first-order chi connectivity index (χ1) is 14.5. The van der Waals surface area contributed by atoms with E-state index < -0.39 is 11.8 Å². The fourth-order valence-corrected chi connectivity index (χ4v) is 5.05. The average molecular weight is 438 g/mol. The van der Waals surface area contributed by atoms with E-state index in [2.05, 4.69) is 22.3 Å². The average Bonchev–Trinajstić information content (AvgIpc) is 2.71. The van der Waals surface area contributed by atoms with E-state index in [1.165, 1.54) is 21.7 Å². The van der Waals surface area contributed by atoms with Crippen molar-refractivity contribution in [3.05, 3.63) is 63.7 Å². The highest BCUT2D eigenvalue weighted by Crippen LogP contribution is 2.36. The molecule has 3 aliphatic rings. The van der Waals surface area contributed by atoms with Gasteiger partial charge < -0.3 is 4.90 Å². The maximum absolute atomic E-state index is 13.2. The molecule has 0 unspecified atom stereocenters. The van der Waals surface area contributed by atoms with Crippen LogP contribution >= 0.6 is 23.8 Å². The zero-order chi connectivity index (χ0) is 20.8. The molecule has 0 atom stereocenters. The molecule has 2 aromatic rings. The van der Waals surface area contributed by atoms with E-state index in [1.807, 2.05) is 0 Å². The number of anilines is 2. The van der Waals surface area contributed by atoms with Crippen molar-refractivity contribution < 1.29 is 9.59 Å². The van der Waals surface area contributed by atoms with Crippen molar-refractivity contribution in [2.75, 3.05) is 22.9 Å². The van der Waals surface area contributed by atoms with Gasteiger partial charge in [-0.15, -0.1) is 0 Å². The number of rotatable bonds is 2. The molecule has 0 spiro atoms. The Kier molecular flexibility index (Phi) is 4.83. The van der Waals surface area contributed by atoms with Gasteiger partial charge in [-0.2, -0.15) is 0 Å². The summed E-state index contributed by atoms with van der Waals surface area (Å²) in [6.07, 6.45) is 5.98. The lowest BCUT2D eigenvalue weighted by Crippen LogP contribution is -2.54. The molecule has 0 aromatic heterocycles. The van der Waals surface area contributed by atoms with Gasteiger partial charge in [0.25, 0.3) is 11.8 Å². The van der Waals surface area contributed by atoms with Crippen molar-refractivity contribution in [3.63, 3.8) is 0 Å². The molecule has 1 fully saturated rings. The summed E-state index contributed by atoms with van der Waals surface area (Å²) in [7, 11) is 0. The van der Waals surface area contributed by atoms with E-state index in [0.29, 0.717) is 10.7 Å². The highest BCUT2D eigenvalue weighted by atomic mass is 35.5. The number of aryl methyl sites for hydroxylation is 2. The Labute approximate surface area is 185 Å². The van der Waals surface area contributed by atoms with Crippen molar-refractivity contribution in [1.82, 2.24) is 5.32 Å². The summed E-state index contributed by atoms with van der Waals surface area (Å²) in [6.45, 7) is 2.21. The normalized spacial score (nSPS) is 19.8. The Morgan fingerprint density at radius 2 is 1.73 bits per heavy atom. The largest absolute Gasteiger partial charge is 0.371 e. The monoisotopic (exact) mass is 437 g/mol. The summed E-state index contributed by atoms with van der Waals surface area (Å²) in [5, 5.41) is 3.18.